The molecule has 0 N–H and O–H groups in total. The lowest BCUT2D eigenvalue weighted by molar-refractivity contribution is 0.866. The van der Waals surface area contributed by atoms with Crippen LogP contribution < -0.4 is 9.80 Å². The summed E-state index contributed by atoms with van der Waals surface area (Å²) < 4.78 is 0. The van der Waals surface area contributed by atoms with Gasteiger partial charge in [-0.1, -0.05) is 111 Å². The normalized spacial score (nSPS) is 11.3. The molecule has 0 aliphatic heterocycles. The van der Waals surface area contributed by atoms with E-state index < -0.39 is 0 Å². The van der Waals surface area contributed by atoms with E-state index in [4.69, 9.17) is 23.2 Å². The van der Waals surface area contributed by atoms with E-state index in [0.29, 0.717) is 21.9 Å². The van der Waals surface area contributed by atoms with Crippen molar-refractivity contribution in [3.63, 3.8) is 0 Å². The third-order valence-electron chi connectivity index (χ3n) is 7.71. The Kier molecular flexibility index (Phi) is 8.96. The first-order valence-corrected chi connectivity index (χ1v) is 15.3. The monoisotopic (exact) mass is 592 g/mol. The highest BCUT2D eigenvalue weighted by Crippen LogP contribution is 2.46. The average Bonchev–Trinajstić information content (AvgIpc) is 2.98. The van der Waals surface area contributed by atoms with E-state index in [1.54, 1.807) is 0 Å². The molecule has 0 unspecified atom stereocenters. The number of hydrogen-bond acceptors (Lipinski definition) is 2. The molecule has 214 valence electrons. The molecule has 5 aromatic rings. The summed E-state index contributed by atoms with van der Waals surface area (Å²) in [5.74, 6) is 0.902. The topological polar surface area (TPSA) is 6.48 Å². The summed E-state index contributed by atoms with van der Waals surface area (Å²) in [7, 11) is 0. The smallest absolute Gasteiger partial charge is 0.0834 e. The second-order valence-electron chi connectivity index (χ2n) is 11.6. The van der Waals surface area contributed by atoms with Crippen molar-refractivity contribution >= 4 is 57.3 Å². The van der Waals surface area contributed by atoms with Crippen LogP contribution in [0.2, 0.25) is 10.0 Å². The maximum Gasteiger partial charge on any atom is 0.0834 e. The zero-order valence-electron chi connectivity index (χ0n) is 25.2. The van der Waals surface area contributed by atoms with Crippen molar-refractivity contribution in [1.82, 2.24) is 0 Å². The highest BCUT2D eigenvalue weighted by Gasteiger charge is 2.22. The minimum atomic E-state index is 0.451. The number of nitrogens with zero attached hydrogens (tertiary/aromatic N) is 2. The summed E-state index contributed by atoms with van der Waals surface area (Å²) in [6, 6.07) is 38.6. The molecular weight excluding hydrogens is 555 g/mol. The number of anilines is 6. The number of rotatable bonds is 8. The Bertz CT molecular complexity index is 1540. The van der Waals surface area contributed by atoms with Crippen LogP contribution in [-0.4, -0.2) is 0 Å². The van der Waals surface area contributed by atoms with Crippen LogP contribution in [0.3, 0.4) is 0 Å². The fourth-order valence-corrected chi connectivity index (χ4v) is 5.53. The summed E-state index contributed by atoms with van der Waals surface area (Å²) >= 11 is 14.0. The van der Waals surface area contributed by atoms with Crippen LogP contribution in [0.5, 0.6) is 0 Å². The lowest BCUT2D eigenvalue weighted by Crippen LogP contribution is -2.14. The minimum Gasteiger partial charge on any atom is -0.310 e. The van der Waals surface area contributed by atoms with Gasteiger partial charge in [0.15, 0.2) is 0 Å². The second-order valence-corrected chi connectivity index (χ2v) is 12.4. The van der Waals surface area contributed by atoms with E-state index in [1.165, 1.54) is 22.3 Å². The molecule has 0 spiro atoms. The molecule has 0 radical (unpaired) electrons. The fraction of sp³-hybridized carbons (Fsp3) is 0.211. The Morgan fingerprint density at radius 3 is 1.19 bits per heavy atom. The van der Waals surface area contributed by atoms with Crippen LogP contribution in [0.25, 0.3) is 0 Å². The van der Waals surface area contributed by atoms with Gasteiger partial charge in [0.2, 0.25) is 0 Å². The fourth-order valence-electron chi connectivity index (χ4n) is 5.13. The van der Waals surface area contributed by atoms with E-state index >= 15 is 0 Å². The van der Waals surface area contributed by atoms with Gasteiger partial charge in [-0.3, -0.25) is 0 Å². The summed E-state index contributed by atoms with van der Waals surface area (Å²) in [6.45, 7) is 13.1. The SMILES string of the molecule is Cc1ccc(N(c2ccc(C)cc2)c2cc(N(c3ccc(C(C)C)cc3)c3ccc(C(C)C)cc3)cc(Cl)c2Cl)cc1. The first-order chi connectivity index (χ1) is 20.1. The van der Waals surface area contributed by atoms with Crippen LogP contribution in [0.15, 0.2) is 109 Å². The Labute approximate surface area is 261 Å². The maximum atomic E-state index is 7.04. The van der Waals surface area contributed by atoms with E-state index in [-0.39, 0.29) is 0 Å². The molecular formula is C38H38Cl2N2. The zero-order chi connectivity index (χ0) is 30.0. The molecule has 0 atom stereocenters. The first-order valence-electron chi connectivity index (χ1n) is 14.5. The van der Waals surface area contributed by atoms with Crippen LogP contribution in [0.4, 0.5) is 34.1 Å². The van der Waals surface area contributed by atoms with Crippen LogP contribution in [0, 0.1) is 13.8 Å². The Morgan fingerprint density at radius 2 is 0.810 bits per heavy atom. The summed E-state index contributed by atoms with van der Waals surface area (Å²) in [5, 5.41) is 1.00. The largest absolute Gasteiger partial charge is 0.310 e. The molecule has 4 heteroatoms. The third-order valence-corrected chi connectivity index (χ3v) is 8.51. The van der Waals surface area contributed by atoms with Crippen molar-refractivity contribution in [2.24, 2.45) is 0 Å². The van der Waals surface area contributed by atoms with Crippen LogP contribution in [-0.2, 0) is 0 Å². The van der Waals surface area contributed by atoms with Crippen molar-refractivity contribution in [3.8, 4) is 0 Å². The van der Waals surface area contributed by atoms with Gasteiger partial charge in [-0.2, -0.15) is 0 Å². The lowest BCUT2D eigenvalue weighted by Gasteiger charge is -2.31. The third kappa shape index (κ3) is 6.36. The van der Waals surface area contributed by atoms with Gasteiger partial charge >= 0.3 is 0 Å². The van der Waals surface area contributed by atoms with Crippen molar-refractivity contribution in [2.75, 3.05) is 9.80 Å². The Balaban J connectivity index is 1.72. The second kappa shape index (κ2) is 12.7. The van der Waals surface area contributed by atoms with Crippen LogP contribution >= 0.6 is 23.2 Å². The maximum absolute atomic E-state index is 7.04. The molecule has 0 aliphatic rings. The molecule has 0 fully saturated rings. The van der Waals surface area contributed by atoms with Gasteiger partial charge in [0.05, 0.1) is 15.7 Å². The molecule has 0 bridgehead atoms. The molecule has 2 nitrogen and oxygen atoms in total. The number of halogens is 2. The Hall–Kier alpha value is -3.72. The number of aryl methyl sites for hydroxylation is 2. The highest BCUT2D eigenvalue weighted by molar-refractivity contribution is 6.44. The van der Waals surface area contributed by atoms with Crippen molar-refractivity contribution in [1.29, 1.82) is 0 Å². The van der Waals surface area contributed by atoms with Crippen molar-refractivity contribution in [2.45, 2.75) is 53.4 Å². The predicted octanol–water partition coefficient (Wildman–Crippen LogP) is 12.8. The average molecular weight is 594 g/mol. The van der Waals surface area contributed by atoms with E-state index in [2.05, 4.69) is 154 Å². The van der Waals surface area contributed by atoms with Gasteiger partial charge in [0.25, 0.3) is 0 Å². The van der Waals surface area contributed by atoms with Crippen molar-refractivity contribution < 1.29 is 0 Å². The van der Waals surface area contributed by atoms with E-state index in [1.807, 2.05) is 6.07 Å². The molecule has 5 aromatic carbocycles. The number of benzene rings is 5. The molecule has 0 amide bonds. The summed E-state index contributed by atoms with van der Waals surface area (Å²) in [6.07, 6.45) is 0. The van der Waals surface area contributed by atoms with Gasteiger partial charge in [-0.25, -0.2) is 0 Å². The summed E-state index contributed by atoms with van der Waals surface area (Å²) in [4.78, 5) is 4.43. The highest BCUT2D eigenvalue weighted by atomic mass is 35.5. The van der Waals surface area contributed by atoms with E-state index in [9.17, 15) is 0 Å². The molecule has 0 aliphatic carbocycles. The quantitative estimate of drug-likeness (QED) is 0.177. The minimum absolute atomic E-state index is 0.451. The number of hydrogen-bond donors (Lipinski definition) is 0. The molecule has 0 heterocycles. The zero-order valence-corrected chi connectivity index (χ0v) is 26.7. The predicted molar refractivity (Wildman–Crippen MR) is 183 cm³/mol. The van der Waals surface area contributed by atoms with Gasteiger partial charge < -0.3 is 9.80 Å². The van der Waals surface area contributed by atoms with Gasteiger partial charge in [0, 0.05) is 28.4 Å². The first kappa shape index (κ1) is 29.8. The van der Waals surface area contributed by atoms with Gasteiger partial charge in [0.1, 0.15) is 0 Å². The van der Waals surface area contributed by atoms with Crippen molar-refractivity contribution in [3.05, 3.63) is 141 Å². The van der Waals surface area contributed by atoms with Gasteiger partial charge in [-0.15, -0.1) is 0 Å². The lowest BCUT2D eigenvalue weighted by atomic mass is 10.0. The van der Waals surface area contributed by atoms with Gasteiger partial charge in [-0.05, 0) is 97.5 Å². The van der Waals surface area contributed by atoms with E-state index in [0.717, 1.165) is 34.1 Å². The van der Waals surface area contributed by atoms with Crippen LogP contribution in [0.1, 0.15) is 61.8 Å². The molecule has 5 rings (SSSR count). The summed E-state index contributed by atoms with van der Waals surface area (Å²) in [5.41, 5.74) is 10.9. The standard InChI is InChI=1S/C38H38Cl2N2/c1-25(2)29-11-19-31(20-12-29)41(32-21-13-30(14-22-32)26(3)4)35-23-36(39)38(40)37(24-35)42(33-15-7-27(5)8-16-33)34-17-9-28(6)10-18-34/h7-26H,1-6H3. The molecule has 42 heavy (non-hydrogen) atoms. The molecule has 0 aromatic heterocycles. The molecule has 0 saturated heterocycles. The molecule has 0 saturated carbocycles. The Morgan fingerprint density at radius 1 is 0.452 bits per heavy atom.